The Hall–Kier alpha value is -2.65. The van der Waals surface area contributed by atoms with Gasteiger partial charge in [-0.25, -0.2) is 4.79 Å². The van der Waals surface area contributed by atoms with Crippen molar-refractivity contribution in [2.45, 2.75) is 50.5 Å². The lowest BCUT2D eigenvalue weighted by atomic mass is 10.0. The van der Waals surface area contributed by atoms with E-state index >= 15 is 0 Å². The van der Waals surface area contributed by atoms with Crippen LogP contribution in [-0.4, -0.2) is 38.7 Å². The topological polar surface area (TPSA) is 93.5 Å². The van der Waals surface area contributed by atoms with Gasteiger partial charge in [0, 0.05) is 19.0 Å². The molecule has 2 N–H and O–H groups in total. The van der Waals surface area contributed by atoms with Gasteiger partial charge in [-0.1, -0.05) is 31.2 Å². The Balaban J connectivity index is 1.80. The third-order valence-corrected chi connectivity index (χ3v) is 4.43. The van der Waals surface area contributed by atoms with E-state index in [9.17, 15) is 23.5 Å². The Morgan fingerprint density at radius 3 is 2.75 bits per heavy atom. The van der Waals surface area contributed by atoms with Crippen molar-refractivity contribution < 1.29 is 23.4 Å². The van der Waals surface area contributed by atoms with Crippen LogP contribution in [0, 0.1) is 6.07 Å². The Bertz CT molecular complexity index is 888. The lowest BCUT2D eigenvalue weighted by Gasteiger charge is -2.21. The first kappa shape index (κ1) is 20.1. The van der Waals surface area contributed by atoms with Crippen LogP contribution in [0.3, 0.4) is 0 Å². The monoisotopic (exact) mass is 392 g/mol. The van der Waals surface area contributed by atoms with E-state index in [-0.39, 0.29) is 24.6 Å². The predicted molar refractivity (Wildman–Crippen MR) is 95.9 cm³/mol. The molecular weight excluding hydrogens is 372 g/mol. The zero-order valence-electron chi connectivity index (χ0n) is 15.1. The number of aliphatic hydroxyl groups excluding tert-OH is 1. The molecule has 1 aromatic carbocycles. The average molecular weight is 392 g/mol. The summed E-state index contributed by atoms with van der Waals surface area (Å²) in [5, 5.41) is 12.5. The second-order valence-electron chi connectivity index (χ2n) is 6.56. The Labute approximate surface area is 160 Å². The zero-order chi connectivity index (χ0) is 20.3. The number of carbonyl (C=O) groups excluding carboxylic acids is 1. The van der Waals surface area contributed by atoms with E-state index in [1.807, 2.05) is 6.92 Å². The fourth-order valence-corrected chi connectivity index (χ4v) is 3.02. The Kier molecular flexibility index (Phi) is 5.85. The van der Waals surface area contributed by atoms with Gasteiger partial charge in [-0.15, -0.1) is 0 Å². The third kappa shape index (κ3) is 4.10. The SMILES string of the molecule is CCCC(=O)Nc1ccn([C@@H]2O[C@H](Cc3cc[c]cc3)[C@@H](O)C2(F)F)c(=O)n1. The molecule has 2 heterocycles. The van der Waals surface area contributed by atoms with Gasteiger partial charge in [-0.05, 0) is 24.1 Å². The second kappa shape index (κ2) is 8.15. The Morgan fingerprint density at radius 2 is 2.11 bits per heavy atom. The van der Waals surface area contributed by atoms with Crippen LogP contribution in [0.1, 0.15) is 31.6 Å². The van der Waals surface area contributed by atoms with Gasteiger partial charge in [0.05, 0.1) is 6.10 Å². The first-order chi connectivity index (χ1) is 13.3. The number of alkyl halides is 2. The number of aliphatic hydroxyl groups is 1. The summed E-state index contributed by atoms with van der Waals surface area (Å²) in [6.07, 6.45) is -3.29. The number of hydrogen-bond donors (Lipinski definition) is 2. The summed E-state index contributed by atoms with van der Waals surface area (Å²) >= 11 is 0. The van der Waals surface area contributed by atoms with Crippen molar-refractivity contribution >= 4 is 11.7 Å². The van der Waals surface area contributed by atoms with E-state index in [4.69, 9.17) is 4.74 Å². The van der Waals surface area contributed by atoms with Gasteiger partial charge in [-0.2, -0.15) is 13.8 Å². The van der Waals surface area contributed by atoms with Gasteiger partial charge >= 0.3 is 11.6 Å². The molecule has 1 aliphatic heterocycles. The summed E-state index contributed by atoms with van der Waals surface area (Å²) in [5.41, 5.74) is -0.320. The van der Waals surface area contributed by atoms with Crippen LogP contribution in [0.5, 0.6) is 0 Å². The van der Waals surface area contributed by atoms with E-state index in [1.54, 1.807) is 24.3 Å². The van der Waals surface area contributed by atoms with Crippen molar-refractivity contribution in [1.29, 1.82) is 0 Å². The summed E-state index contributed by atoms with van der Waals surface area (Å²) in [6, 6.07) is 10.7. The molecule has 9 heteroatoms. The molecule has 7 nitrogen and oxygen atoms in total. The second-order valence-corrected chi connectivity index (χ2v) is 6.56. The molecule has 1 aromatic heterocycles. The van der Waals surface area contributed by atoms with E-state index in [0.717, 1.165) is 6.20 Å². The largest absolute Gasteiger partial charge is 0.384 e. The minimum Gasteiger partial charge on any atom is -0.384 e. The molecule has 3 rings (SSSR count). The smallest absolute Gasteiger partial charge is 0.351 e. The number of hydrogen-bond acceptors (Lipinski definition) is 5. The number of nitrogens with zero attached hydrogens (tertiary/aromatic N) is 2. The molecule has 0 saturated carbocycles. The molecule has 1 radical (unpaired) electrons. The minimum absolute atomic E-state index is 0.0290. The molecule has 1 saturated heterocycles. The van der Waals surface area contributed by atoms with Crippen molar-refractivity contribution in [2.24, 2.45) is 0 Å². The van der Waals surface area contributed by atoms with Crippen LogP contribution in [0.15, 0.2) is 41.3 Å². The Morgan fingerprint density at radius 1 is 1.39 bits per heavy atom. The summed E-state index contributed by atoms with van der Waals surface area (Å²) in [6.45, 7) is 1.82. The molecular formula is C19H20F2N3O4. The van der Waals surface area contributed by atoms with E-state index in [0.29, 0.717) is 16.6 Å². The van der Waals surface area contributed by atoms with Crippen molar-refractivity contribution in [3.8, 4) is 0 Å². The van der Waals surface area contributed by atoms with Crippen molar-refractivity contribution in [3.63, 3.8) is 0 Å². The van der Waals surface area contributed by atoms with Crippen molar-refractivity contribution in [1.82, 2.24) is 9.55 Å². The molecule has 1 aliphatic rings. The zero-order valence-corrected chi connectivity index (χ0v) is 15.1. The van der Waals surface area contributed by atoms with Crippen LogP contribution >= 0.6 is 0 Å². The predicted octanol–water partition coefficient (Wildman–Crippen LogP) is 1.92. The molecule has 149 valence electrons. The summed E-state index contributed by atoms with van der Waals surface area (Å²) < 4.78 is 35.2. The molecule has 1 fully saturated rings. The van der Waals surface area contributed by atoms with Crippen LogP contribution in [0.2, 0.25) is 0 Å². The quantitative estimate of drug-likeness (QED) is 0.784. The first-order valence-corrected chi connectivity index (χ1v) is 8.88. The van der Waals surface area contributed by atoms with E-state index in [2.05, 4.69) is 16.4 Å². The van der Waals surface area contributed by atoms with E-state index < -0.39 is 30.0 Å². The maximum atomic E-state index is 14.6. The number of anilines is 1. The standard InChI is InChI=1S/C19H20F2N3O4/c1-2-6-15(25)22-14-9-10-24(18(27)23-14)17-19(20,21)16(26)13(28-17)11-12-7-4-3-5-8-12/h4-5,7-10,13,16-17,26H,2,6,11H2,1H3,(H,22,23,25,27)/t13-,16-,17-/m1/s1. The molecule has 0 bridgehead atoms. The van der Waals surface area contributed by atoms with Crippen LogP contribution < -0.4 is 11.0 Å². The van der Waals surface area contributed by atoms with Gasteiger partial charge in [-0.3, -0.25) is 9.36 Å². The highest BCUT2D eigenvalue weighted by Crippen LogP contribution is 2.43. The average Bonchev–Trinajstić information content (AvgIpc) is 2.86. The molecule has 0 aliphatic carbocycles. The first-order valence-electron chi connectivity index (χ1n) is 8.88. The highest BCUT2D eigenvalue weighted by atomic mass is 19.3. The number of ether oxygens (including phenoxy) is 1. The lowest BCUT2D eigenvalue weighted by molar-refractivity contribution is -0.140. The fraction of sp³-hybridized carbons (Fsp3) is 0.421. The minimum atomic E-state index is -3.69. The van der Waals surface area contributed by atoms with Gasteiger partial charge in [0.1, 0.15) is 11.9 Å². The molecule has 28 heavy (non-hydrogen) atoms. The van der Waals surface area contributed by atoms with Gasteiger partial charge in [0.15, 0.2) is 0 Å². The normalized spacial score (nSPS) is 23.5. The molecule has 1 amide bonds. The number of carbonyl (C=O) groups is 1. The summed E-state index contributed by atoms with van der Waals surface area (Å²) in [7, 11) is 0. The van der Waals surface area contributed by atoms with Gasteiger partial charge in [0.25, 0.3) is 0 Å². The highest BCUT2D eigenvalue weighted by molar-refractivity contribution is 5.89. The summed E-state index contributed by atoms with van der Waals surface area (Å²) in [4.78, 5) is 27.4. The van der Waals surface area contributed by atoms with Gasteiger partial charge < -0.3 is 15.2 Å². The number of amides is 1. The van der Waals surface area contributed by atoms with Gasteiger partial charge in [0.2, 0.25) is 12.1 Å². The molecule has 0 spiro atoms. The lowest BCUT2D eigenvalue weighted by Crippen LogP contribution is -2.41. The van der Waals surface area contributed by atoms with Crippen LogP contribution in [0.25, 0.3) is 0 Å². The summed E-state index contributed by atoms with van der Waals surface area (Å²) in [5.74, 6) is -4.05. The number of nitrogens with one attached hydrogen (secondary N) is 1. The third-order valence-electron chi connectivity index (χ3n) is 4.43. The van der Waals surface area contributed by atoms with Crippen LogP contribution in [-0.2, 0) is 16.0 Å². The van der Waals surface area contributed by atoms with Crippen LogP contribution in [0.4, 0.5) is 14.6 Å². The van der Waals surface area contributed by atoms with E-state index in [1.165, 1.54) is 6.07 Å². The number of aromatic nitrogens is 2. The number of halogens is 2. The maximum Gasteiger partial charge on any atom is 0.351 e. The number of rotatable bonds is 6. The van der Waals surface area contributed by atoms with Crippen molar-refractivity contribution in [3.05, 3.63) is 58.6 Å². The molecule has 3 atom stereocenters. The number of benzene rings is 1. The fourth-order valence-electron chi connectivity index (χ4n) is 3.02. The van der Waals surface area contributed by atoms with Crippen molar-refractivity contribution in [2.75, 3.05) is 5.32 Å². The highest BCUT2D eigenvalue weighted by Gasteiger charge is 2.59. The molecule has 2 aromatic rings. The molecule has 0 unspecified atom stereocenters. The maximum absolute atomic E-state index is 14.6.